The van der Waals surface area contributed by atoms with E-state index in [-0.39, 0.29) is 0 Å². The van der Waals surface area contributed by atoms with Crippen molar-refractivity contribution in [3.63, 3.8) is 0 Å². The van der Waals surface area contributed by atoms with Crippen LogP contribution < -0.4 is 0 Å². The predicted octanol–water partition coefficient (Wildman–Crippen LogP) is 0.738. The van der Waals surface area contributed by atoms with Crippen LogP contribution in [0.4, 0.5) is 0 Å². The third kappa shape index (κ3) is 9.83. The first kappa shape index (κ1) is 26.1. The van der Waals surface area contributed by atoms with Gasteiger partial charge in [-0.15, -0.1) is 0 Å². The molecule has 162 valence electrons. The Hall–Kier alpha value is -3.95. The molecule has 0 N–H and O–H groups in total. The molecule has 0 spiro atoms. The normalized spacial score (nSPS) is 11.6. The lowest BCUT2D eigenvalue weighted by Gasteiger charge is -2.31. The second-order valence-electron chi connectivity index (χ2n) is 5.13. The maximum absolute atomic E-state index is 11.8. The highest BCUT2D eigenvalue weighted by molar-refractivity contribution is 5.84. The lowest BCUT2D eigenvalue weighted by Crippen LogP contribution is -2.49. The third-order valence-corrected chi connectivity index (χ3v) is 3.13. The van der Waals surface area contributed by atoms with Crippen LogP contribution in [0.2, 0.25) is 0 Å². The minimum atomic E-state index is -1.58. The van der Waals surface area contributed by atoms with Gasteiger partial charge in [0.25, 0.3) is 0 Å². The third-order valence-electron chi connectivity index (χ3n) is 3.13. The van der Waals surface area contributed by atoms with Crippen LogP contribution in [-0.4, -0.2) is 61.4 Å². The summed E-state index contributed by atoms with van der Waals surface area (Å²) >= 11 is 0. The maximum Gasteiger partial charge on any atom is 0.330 e. The quantitative estimate of drug-likeness (QED) is 0.224. The fourth-order valence-corrected chi connectivity index (χ4v) is 1.81. The summed E-state index contributed by atoms with van der Waals surface area (Å²) < 4.78 is 25.0. The zero-order chi connectivity index (χ0) is 23.1. The van der Waals surface area contributed by atoms with Crippen molar-refractivity contribution in [1.82, 2.24) is 0 Å². The van der Waals surface area contributed by atoms with E-state index >= 15 is 0 Å². The van der Waals surface area contributed by atoms with Crippen molar-refractivity contribution in [3.8, 4) is 0 Å². The number of rotatable bonds is 14. The van der Waals surface area contributed by atoms with Gasteiger partial charge in [-0.3, -0.25) is 0 Å². The van der Waals surface area contributed by atoms with Crippen molar-refractivity contribution in [3.05, 3.63) is 63.3 Å². The Kier molecular flexibility index (Phi) is 12.2. The van der Waals surface area contributed by atoms with Gasteiger partial charge in [-0.2, -0.15) is 0 Å². The summed E-state index contributed by atoms with van der Waals surface area (Å²) in [6, 6.07) is 0. The van der Waals surface area contributed by atoms with Crippen LogP contribution in [0.3, 0.4) is 0 Å². The van der Waals surface area contributed by atoms with E-state index in [0.29, 0.717) is 0 Å². The van der Waals surface area contributed by atoms with Crippen LogP contribution in [0.15, 0.2) is 63.3 Å². The van der Waals surface area contributed by atoms with Crippen LogP contribution in [0.25, 0.3) is 0 Å². The summed E-state index contributed by atoms with van der Waals surface area (Å²) in [6.07, 6.45) is -0.484. The van der Waals surface area contributed by atoms with Crippen LogP contribution >= 0.6 is 0 Å². The molecule has 0 aliphatic carbocycles. The number of ether oxygens (including phenoxy) is 5. The monoisotopic (exact) mass is 422 g/mol. The van der Waals surface area contributed by atoms with E-state index in [9.17, 15) is 24.0 Å². The van der Waals surface area contributed by atoms with E-state index in [0.717, 1.165) is 30.4 Å². The van der Waals surface area contributed by atoms with Gasteiger partial charge in [-0.05, 0) is 0 Å². The summed E-state index contributed by atoms with van der Waals surface area (Å²) in [5, 5.41) is 0. The smallest absolute Gasteiger partial charge is 0.330 e. The van der Waals surface area contributed by atoms with E-state index in [1.807, 2.05) is 0 Å². The second kappa shape index (κ2) is 14.1. The summed E-state index contributed by atoms with van der Waals surface area (Å²) in [5.74, 6) is -4.68. The molecule has 0 aromatic carbocycles. The van der Waals surface area contributed by atoms with Gasteiger partial charge in [0.15, 0.2) is 18.3 Å². The molecule has 30 heavy (non-hydrogen) atoms. The molecule has 10 heteroatoms. The average molecular weight is 422 g/mol. The molecule has 0 aliphatic heterocycles. The summed E-state index contributed by atoms with van der Waals surface area (Å²) in [6.45, 7) is 14.9. The molecule has 0 saturated heterocycles. The second-order valence-corrected chi connectivity index (χ2v) is 5.13. The topological polar surface area (TPSA) is 132 Å². The Balaban J connectivity index is 6.02. The first-order valence-corrected chi connectivity index (χ1v) is 8.29. The molecule has 0 heterocycles. The fraction of sp³-hybridized carbons (Fsp3) is 0.250. The molecule has 0 radical (unpaired) electrons. The molecular formula is C20H22O10. The largest absolute Gasteiger partial charge is 0.458 e. The molecule has 10 nitrogen and oxygen atoms in total. The summed E-state index contributed by atoms with van der Waals surface area (Å²) in [4.78, 5) is 58.1. The van der Waals surface area contributed by atoms with E-state index in [1.54, 1.807) is 0 Å². The summed E-state index contributed by atoms with van der Waals surface area (Å²) in [5.41, 5.74) is 0. The van der Waals surface area contributed by atoms with Crippen LogP contribution in [0.5, 0.6) is 0 Å². The lowest BCUT2D eigenvalue weighted by molar-refractivity contribution is -0.190. The van der Waals surface area contributed by atoms with Crippen molar-refractivity contribution in [2.75, 3.05) is 13.2 Å². The van der Waals surface area contributed by atoms with Crippen molar-refractivity contribution in [1.29, 1.82) is 0 Å². The molecule has 0 amide bonds. The molecule has 0 fully saturated rings. The van der Waals surface area contributed by atoms with Crippen LogP contribution in [0, 0.1) is 0 Å². The predicted molar refractivity (Wildman–Crippen MR) is 103 cm³/mol. The van der Waals surface area contributed by atoms with Gasteiger partial charge in [0.2, 0.25) is 0 Å². The van der Waals surface area contributed by atoms with Crippen molar-refractivity contribution >= 4 is 29.8 Å². The lowest BCUT2D eigenvalue weighted by atomic mass is 10.1. The number of hydrogen-bond acceptors (Lipinski definition) is 10. The first-order valence-electron chi connectivity index (χ1n) is 8.29. The minimum absolute atomic E-state index is 0.628. The maximum atomic E-state index is 11.8. The van der Waals surface area contributed by atoms with Gasteiger partial charge in [0, 0.05) is 30.4 Å². The zero-order valence-electron chi connectivity index (χ0n) is 16.2. The van der Waals surface area contributed by atoms with E-state index in [4.69, 9.17) is 23.7 Å². The molecule has 0 aromatic heterocycles. The molecule has 0 saturated carbocycles. The SMILES string of the molecule is C=CC(=O)OC[C@@H](OC(=O)C=C)C(OC(=O)C=C)[C@@H](COC(=O)C=C)OC(=O)C=C. The van der Waals surface area contributed by atoms with E-state index < -0.39 is 61.4 Å². The number of hydrogen-bond donors (Lipinski definition) is 0. The zero-order valence-corrected chi connectivity index (χ0v) is 16.2. The molecule has 0 unspecified atom stereocenters. The van der Waals surface area contributed by atoms with Crippen LogP contribution in [0.1, 0.15) is 0 Å². The first-order chi connectivity index (χ1) is 14.2. The molecule has 0 aromatic rings. The Labute approximate surface area is 173 Å². The number of carbonyl (C=O) groups is 5. The van der Waals surface area contributed by atoms with Gasteiger partial charge >= 0.3 is 29.8 Å². The van der Waals surface area contributed by atoms with Crippen LogP contribution in [-0.2, 0) is 47.7 Å². The Morgan fingerprint density at radius 1 is 0.533 bits per heavy atom. The van der Waals surface area contributed by atoms with E-state index in [1.165, 1.54) is 0 Å². The van der Waals surface area contributed by atoms with Crippen molar-refractivity contribution in [2.24, 2.45) is 0 Å². The van der Waals surface area contributed by atoms with Gasteiger partial charge in [-0.25, -0.2) is 24.0 Å². The van der Waals surface area contributed by atoms with Crippen molar-refractivity contribution < 1.29 is 47.7 Å². The van der Waals surface area contributed by atoms with Gasteiger partial charge < -0.3 is 23.7 Å². The summed E-state index contributed by atoms with van der Waals surface area (Å²) in [7, 11) is 0. The van der Waals surface area contributed by atoms with E-state index in [2.05, 4.69) is 32.9 Å². The van der Waals surface area contributed by atoms with Gasteiger partial charge in [-0.1, -0.05) is 32.9 Å². The standard InChI is InChI=1S/C20H22O10/c1-6-15(21)26-11-13(28-17(23)8-3)20(30-19(25)10-5)14(29-18(24)9-4)12-27-16(22)7-2/h6-10,13-14,20H,1-5,11-12H2/t13-,14-/m1/s1. The molecule has 0 aliphatic rings. The number of carbonyl (C=O) groups excluding carboxylic acids is 5. The number of esters is 5. The fourth-order valence-electron chi connectivity index (χ4n) is 1.81. The highest BCUT2D eigenvalue weighted by Gasteiger charge is 2.39. The average Bonchev–Trinajstić information content (AvgIpc) is 2.76. The Morgan fingerprint density at radius 3 is 1.13 bits per heavy atom. The highest BCUT2D eigenvalue weighted by atomic mass is 16.6. The van der Waals surface area contributed by atoms with Gasteiger partial charge in [0.05, 0.1) is 0 Å². The van der Waals surface area contributed by atoms with Crippen molar-refractivity contribution in [2.45, 2.75) is 18.3 Å². The minimum Gasteiger partial charge on any atom is -0.458 e. The highest BCUT2D eigenvalue weighted by Crippen LogP contribution is 2.16. The molecule has 0 bridgehead atoms. The Bertz CT molecular complexity index is 671. The Morgan fingerprint density at radius 2 is 0.833 bits per heavy atom. The molecular weight excluding hydrogens is 400 g/mol. The van der Waals surface area contributed by atoms with Gasteiger partial charge in [0.1, 0.15) is 13.2 Å². The molecule has 2 atom stereocenters. The molecule has 0 rings (SSSR count).